The molecule has 2 atom stereocenters. The Balaban J connectivity index is 2.09. The number of hydrogen-bond acceptors (Lipinski definition) is 6. The molecule has 1 saturated heterocycles. The number of carbonyl (C=O) groups is 1. The molecule has 1 amide bonds. The minimum absolute atomic E-state index is 0.0332. The van der Waals surface area contributed by atoms with Gasteiger partial charge in [0.1, 0.15) is 5.82 Å². The number of nitrogens with zero attached hydrogens (tertiary/aromatic N) is 1. The van der Waals surface area contributed by atoms with E-state index in [1.165, 1.54) is 0 Å². The van der Waals surface area contributed by atoms with Crippen LogP contribution in [0.15, 0.2) is 42.6 Å². The smallest absolute Gasteiger partial charge is 0.409 e. The van der Waals surface area contributed by atoms with Gasteiger partial charge in [-0.1, -0.05) is 0 Å². The molecule has 0 radical (unpaired) electrons. The Hall–Kier alpha value is -3.65. The number of benzene rings is 2. The maximum absolute atomic E-state index is 14.0. The molecular weight excluding hydrogens is 539 g/mol. The highest BCUT2D eigenvalue weighted by molar-refractivity contribution is 6.10. The molecule has 212 valence electrons. The normalized spacial score (nSPS) is 18.4. The van der Waals surface area contributed by atoms with E-state index >= 15 is 0 Å². The van der Waals surface area contributed by atoms with E-state index in [0.29, 0.717) is 25.1 Å². The predicted molar refractivity (Wildman–Crippen MR) is 127 cm³/mol. The van der Waals surface area contributed by atoms with E-state index < -0.39 is 58.4 Å². The summed E-state index contributed by atoms with van der Waals surface area (Å²) >= 11 is 0. The average molecular weight is 563 g/mol. The third-order valence-electron chi connectivity index (χ3n) is 5.91. The molecule has 0 spiro atoms. The number of amides is 1. The Bertz CT molecular complexity index is 1210. The van der Waals surface area contributed by atoms with Crippen LogP contribution in [0, 0.1) is 11.2 Å². The number of hydrogen-bond donors (Lipinski definition) is 3. The van der Waals surface area contributed by atoms with Gasteiger partial charge in [-0.2, -0.15) is 26.3 Å². The first-order valence-corrected chi connectivity index (χ1v) is 11.5. The second-order valence-corrected chi connectivity index (χ2v) is 8.61. The highest BCUT2D eigenvalue weighted by atomic mass is 19.4. The zero-order valence-corrected chi connectivity index (χ0v) is 20.4. The van der Waals surface area contributed by atoms with Crippen molar-refractivity contribution >= 4 is 23.6 Å². The van der Waals surface area contributed by atoms with Gasteiger partial charge in [-0.3, -0.25) is 4.90 Å². The summed E-state index contributed by atoms with van der Waals surface area (Å²) in [6.45, 7) is -0.0411. The van der Waals surface area contributed by atoms with Crippen LogP contribution in [0.2, 0.25) is 0 Å². The minimum Gasteiger partial charge on any atom is -0.409 e. The van der Waals surface area contributed by atoms with E-state index in [4.69, 9.17) is 14.9 Å². The van der Waals surface area contributed by atoms with E-state index in [0.717, 1.165) is 42.4 Å². The van der Waals surface area contributed by atoms with E-state index in [2.05, 4.69) is 5.32 Å². The van der Waals surface area contributed by atoms with Crippen LogP contribution in [-0.4, -0.2) is 49.8 Å². The first-order valence-electron chi connectivity index (χ1n) is 11.5. The largest absolute Gasteiger partial charge is 0.420 e. The van der Waals surface area contributed by atoms with E-state index in [1.54, 1.807) is 0 Å². The fourth-order valence-electron chi connectivity index (χ4n) is 3.82. The molecule has 1 fully saturated rings. The summed E-state index contributed by atoms with van der Waals surface area (Å²) in [4.78, 5) is 13.5. The van der Waals surface area contributed by atoms with Crippen molar-refractivity contribution in [3.05, 3.63) is 65.1 Å². The Morgan fingerprint density at radius 3 is 2.41 bits per heavy atom. The number of aliphatic hydroxyl groups is 1. The molecule has 1 aliphatic rings. The molecule has 0 aromatic heterocycles. The van der Waals surface area contributed by atoms with Crippen molar-refractivity contribution in [2.75, 3.05) is 25.2 Å². The summed E-state index contributed by atoms with van der Waals surface area (Å²) in [5, 5.41) is 19.8. The van der Waals surface area contributed by atoms with Crippen molar-refractivity contribution in [3.63, 3.8) is 0 Å². The highest BCUT2D eigenvalue weighted by Gasteiger charge is 2.41. The summed E-state index contributed by atoms with van der Waals surface area (Å²) in [7, 11) is 1.12. The van der Waals surface area contributed by atoms with Crippen LogP contribution in [0.5, 0.6) is 5.75 Å². The number of allylic oxidation sites excluding steroid dienone is 1. The summed E-state index contributed by atoms with van der Waals surface area (Å²) in [6.07, 6.45) is -10.2. The van der Waals surface area contributed by atoms with Crippen molar-refractivity contribution in [2.24, 2.45) is 0 Å². The Kier molecular flexibility index (Phi) is 9.22. The van der Waals surface area contributed by atoms with Crippen molar-refractivity contribution in [1.29, 1.82) is 5.41 Å². The number of alkyl halides is 6. The van der Waals surface area contributed by atoms with Gasteiger partial charge in [0.15, 0.2) is 5.75 Å². The number of aliphatic hydroxyl groups excluding tert-OH is 1. The Morgan fingerprint density at radius 2 is 1.85 bits per heavy atom. The Morgan fingerprint density at radius 1 is 1.18 bits per heavy atom. The first-order chi connectivity index (χ1) is 18.2. The maximum atomic E-state index is 14.0. The van der Waals surface area contributed by atoms with Crippen molar-refractivity contribution in [2.45, 2.75) is 37.3 Å². The van der Waals surface area contributed by atoms with E-state index in [9.17, 15) is 40.6 Å². The SMILES string of the molecule is CN(C(=O)Oc1c(/C(C=N)=C/NC2CCOC(CO)C2)cc(C(F)(F)F)cc1C(F)(F)F)c1ccc(F)cc1. The number of anilines is 1. The molecular formula is C25H24F7N3O4. The molecule has 0 saturated carbocycles. The number of halogens is 7. The summed E-state index contributed by atoms with van der Waals surface area (Å²) in [5.41, 5.74) is -4.77. The molecule has 0 aliphatic carbocycles. The number of carbonyl (C=O) groups excluding carboxylic acids is 1. The molecule has 0 bridgehead atoms. The van der Waals surface area contributed by atoms with Gasteiger partial charge in [0, 0.05) is 48.9 Å². The van der Waals surface area contributed by atoms with Crippen LogP contribution in [0.4, 0.5) is 41.2 Å². The monoisotopic (exact) mass is 563 g/mol. The molecule has 14 heteroatoms. The van der Waals surface area contributed by atoms with Crippen molar-refractivity contribution in [1.82, 2.24) is 5.32 Å². The molecule has 1 heterocycles. The van der Waals surface area contributed by atoms with Gasteiger partial charge in [-0.15, -0.1) is 0 Å². The lowest BCUT2D eigenvalue weighted by molar-refractivity contribution is -0.143. The quantitative estimate of drug-likeness (QED) is 0.301. The van der Waals surface area contributed by atoms with Gasteiger partial charge in [0.25, 0.3) is 0 Å². The fraction of sp³-hybridized carbons (Fsp3) is 0.360. The van der Waals surface area contributed by atoms with Gasteiger partial charge < -0.3 is 25.3 Å². The lowest BCUT2D eigenvalue weighted by Crippen LogP contribution is -2.38. The number of rotatable bonds is 7. The van der Waals surface area contributed by atoms with Gasteiger partial charge in [0.2, 0.25) is 0 Å². The second kappa shape index (κ2) is 12.0. The molecule has 39 heavy (non-hydrogen) atoms. The molecule has 3 rings (SSSR count). The highest BCUT2D eigenvalue weighted by Crippen LogP contribution is 2.44. The van der Waals surface area contributed by atoms with Crippen LogP contribution in [-0.2, 0) is 17.1 Å². The summed E-state index contributed by atoms with van der Waals surface area (Å²) in [5.74, 6) is -1.89. The standard InChI is InChI=1S/C25H24F7N3O4/c1-35(18-4-2-16(26)3-5-18)23(37)39-22-20(8-15(24(27,28)29)9-21(22)25(30,31)32)14(11-33)12-34-17-6-7-38-19(10-17)13-36/h2-5,8-9,11-12,17,19,33-34,36H,6-7,10,13H2,1H3/b14-12+,33-11?. The van der Waals surface area contributed by atoms with Crippen LogP contribution in [0.25, 0.3) is 5.57 Å². The molecule has 2 aromatic carbocycles. The van der Waals surface area contributed by atoms with Crippen LogP contribution in [0.1, 0.15) is 29.5 Å². The van der Waals surface area contributed by atoms with E-state index in [-0.39, 0.29) is 31.0 Å². The van der Waals surface area contributed by atoms with Gasteiger partial charge in [-0.05, 0) is 49.2 Å². The lowest BCUT2D eigenvalue weighted by atomic mass is 9.97. The Labute approximate surface area is 218 Å². The fourth-order valence-corrected chi connectivity index (χ4v) is 3.82. The molecule has 1 aliphatic heterocycles. The van der Waals surface area contributed by atoms with Crippen LogP contribution >= 0.6 is 0 Å². The topological polar surface area (TPSA) is 94.9 Å². The third kappa shape index (κ3) is 7.47. The van der Waals surface area contributed by atoms with Gasteiger partial charge >= 0.3 is 18.4 Å². The maximum Gasteiger partial charge on any atom is 0.420 e. The second-order valence-electron chi connectivity index (χ2n) is 8.61. The van der Waals surface area contributed by atoms with E-state index in [1.807, 2.05) is 0 Å². The average Bonchev–Trinajstić information content (AvgIpc) is 2.88. The van der Waals surface area contributed by atoms with Gasteiger partial charge in [-0.25, -0.2) is 9.18 Å². The summed E-state index contributed by atoms with van der Waals surface area (Å²) in [6, 6.07) is 4.09. The number of nitrogens with one attached hydrogen (secondary N) is 2. The lowest BCUT2D eigenvalue weighted by Gasteiger charge is -2.29. The predicted octanol–water partition coefficient (Wildman–Crippen LogP) is 5.62. The molecule has 3 N–H and O–H groups in total. The zero-order valence-electron chi connectivity index (χ0n) is 20.4. The molecule has 7 nitrogen and oxygen atoms in total. The molecule has 2 aromatic rings. The van der Waals surface area contributed by atoms with Crippen LogP contribution in [0.3, 0.4) is 0 Å². The molecule has 2 unspecified atom stereocenters. The minimum atomic E-state index is -5.38. The summed E-state index contributed by atoms with van der Waals surface area (Å²) < 4.78 is 106. The zero-order chi connectivity index (χ0) is 29.0. The van der Waals surface area contributed by atoms with Crippen LogP contribution < -0.4 is 15.0 Å². The first kappa shape index (κ1) is 29.9. The van der Waals surface area contributed by atoms with Crippen molar-refractivity contribution in [3.8, 4) is 5.75 Å². The number of ether oxygens (including phenoxy) is 2. The van der Waals surface area contributed by atoms with Gasteiger partial charge in [0.05, 0.1) is 23.8 Å². The van der Waals surface area contributed by atoms with Crippen molar-refractivity contribution < 1.29 is 50.1 Å². The third-order valence-corrected chi connectivity index (χ3v) is 5.91.